The summed E-state index contributed by atoms with van der Waals surface area (Å²) in [6.07, 6.45) is -0.754. The number of nitrogens with one attached hydrogen (secondary N) is 1. The molecule has 0 aliphatic heterocycles. The Labute approximate surface area is 106 Å². The maximum atomic E-state index is 11.8. The molecule has 0 bridgehead atoms. The second kappa shape index (κ2) is 5.22. The monoisotopic (exact) mass is 278 g/mol. The summed E-state index contributed by atoms with van der Waals surface area (Å²) < 4.78 is 25.9. The van der Waals surface area contributed by atoms with Gasteiger partial charge in [-0.2, -0.15) is 0 Å². The Morgan fingerprint density at radius 2 is 2.12 bits per heavy atom. The fourth-order valence-corrected chi connectivity index (χ4v) is 2.58. The molecule has 0 aliphatic rings. The van der Waals surface area contributed by atoms with Crippen molar-refractivity contribution in [3.63, 3.8) is 0 Å². The molecule has 0 radical (unpaired) electrons. The average molecular weight is 279 g/mol. The van der Waals surface area contributed by atoms with Crippen molar-refractivity contribution in [3.05, 3.63) is 22.7 Å². The fraction of sp³-hybridized carbons (Fsp3) is 0.400. The van der Waals surface area contributed by atoms with E-state index in [-0.39, 0.29) is 17.1 Å². The van der Waals surface area contributed by atoms with Crippen LogP contribution in [-0.2, 0) is 10.0 Å². The van der Waals surface area contributed by atoms with Crippen molar-refractivity contribution < 1.29 is 13.5 Å². The van der Waals surface area contributed by atoms with E-state index in [1.54, 1.807) is 6.92 Å². The van der Waals surface area contributed by atoms with Gasteiger partial charge in [-0.15, -0.1) is 0 Å². The third kappa shape index (κ3) is 3.57. The Morgan fingerprint density at radius 3 is 2.59 bits per heavy atom. The van der Waals surface area contributed by atoms with Crippen LogP contribution in [0.2, 0.25) is 5.02 Å². The average Bonchev–Trinajstić information content (AvgIpc) is 2.22. The van der Waals surface area contributed by atoms with Crippen molar-refractivity contribution in [2.24, 2.45) is 0 Å². The number of benzene rings is 1. The Bertz CT molecular complexity index is 491. The summed E-state index contributed by atoms with van der Waals surface area (Å²) in [4.78, 5) is 0.0394. The number of anilines is 1. The van der Waals surface area contributed by atoms with Gasteiger partial charge >= 0.3 is 0 Å². The van der Waals surface area contributed by atoms with Crippen molar-refractivity contribution in [1.82, 2.24) is 4.72 Å². The Kier molecular flexibility index (Phi) is 4.37. The van der Waals surface area contributed by atoms with Gasteiger partial charge in [-0.25, -0.2) is 13.1 Å². The van der Waals surface area contributed by atoms with Crippen molar-refractivity contribution in [2.75, 3.05) is 12.3 Å². The molecule has 0 spiro atoms. The van der Waals surface area contributed by atoms with Gasteiger partial charge < -0.3 is 10.8 Å². The van der Waals surface area contributed by atoms with Crippen molar-refractivity contribution in [3.8, 4) is 0 Å². The van der Waals surface area contributed by atoms with Crippen LogP contribution in [0.15, 0.2) is 17.0 Å². The summed E-state index contributed by atoms with van der Waals surface area (Å²) in [7, 11) is -3.67. The molecule has 1 aromatic carbocycles. The minimum atomic E-state index is -3.67. The normalized spacial score (nSPS) is 13.6. The van der Waals surface area contributed by atoms with E-state index in [2.05, 4.69) is 4.72 Å². The molecule has 0 unspecified atom stereocenters. The number of aryl methyl sites for hydroxylation is 1. The molecule has 0 heterocycles. The molecule has 17 heavy (non-hydrogen) atoms. The number of rotatable bonds is 4. The number of aliphatic hydroxyl groups is 1. The quantitative estimate of drug-likeness (QED) is 0.713. The van der Waals surface area contributed by atoms with Gasteiger partial charge in [0.1, 0.15) is 0 Å². The zero-order chi connectivity index (χ0) is 13.2. The second-order valence-corrected chi connectivity index (χ2v) is 5.99. The van der Waals surface area contributed by atoms with E-state index in [0.29, 0.717) is 10.6 Å². The first kappa shape index (κ1) is 14.2. The summed E-state index contributed by atoms with van der Waals surface area (Å²) in [5, 5.41) is 9.39. The highest BCUT2D eigenvalue weighted by molar-refractivity contribution is 7.89. The number of nitrogens with two attached hydrogens (primary N) is 1. The van der Waals surface area contributed by atoms with Gasteiger partial charge in [0.2, 0.25) is 10.0 Å². The van der Waals surface area contributed by atoms with Gasteiger partial charge in [-0.05, 0) is 31.5 Å². The van der Waals surface area contributed by atoms with Gasteiger partial charge in [0.05, 0.1) is 21.7 Å². The molecule has 5 nitrogen and oxygen atoms in total. The zero-order valence-electron chi connectivity index (χ0n) is 9.57. The Balaban J connectivity index is 3.08. The van der Waals surface area contributed by atoms with Crippen LogP contribution in [0, 0.1) is 6.92 Å². The van der Waals surface area contributed by atoms with E-state index in [4.69, 9.17) is 22.4 Å². The molecule has 0 saturated carbocycles. The molecule has 0 aromatic heterocycles. The first-order valence-corrected chi connectivity index (χ1v) is 6.83. The predicted octanol–water partition coefficient (Wildman–Crippen LogP) is 0.890. The van der Waals surface area contributed by atoms with Gasteiger partial charge in [0.15, 0.2) is 0 Å². The Hall–Kier alpha value is -0.820. The first-order valence-electron chi connectivity index (χ1n) is 4.97. The van der Waals surface area contributed by atoms with Crippen molar-refractivity contribution >= 4 is 27.3 Å². The van der Waals surface area contributed by atoms with E-state index < -0.39 is 16.1 Å². The van der Waals surface area contributed by atoms with E-state index in [9.17, 15) is 8.42 Å². The number of halogens is 1. The predicted molar refractivity (Wildman–Crippen MR) is 67.5 cm³/mol. The molecule has 1 atom stereocenters. The number of sulfonamides is 1. The van der Waals surface area contributed by atoms with Crippen LogP contribution in [0.3, 0.4) is 0 Å². The molecular formula is C10H15ClN2O3S. The standard InChI is InChI=1S/C10H15ClN2O3S/c1-6-3-8(4-9(12)10(6)11)17(15,16)13-5-7(2)14/h3-4,7,13-14H,5,12H2,1-2H3/t7-/m1/s1. The molecule has 1 aromatic rings. The molecule has 0 amide bonds. The molecule has 0 fully saturated rings. The van der Waals surface area contributed by atoms with Crippen LogP contribution in [0.25, 0.3) is 0 Å². The van der Waals surface area contributed by atoms with Gasteiger partial charge in [0.25, 0.3) is 0 Å². The summed E-state index contributed by atoms with van der Waals surface area (Å²) in [5.74, 6) is 0. The number of aliphatic hydroxyl groups excluding tert-OH is 1. The molecular weight excluding hydrogens is 264 g/mol. The lowest BCUT2D eigenvalue weighted by molar-refractivity contribution is 0.198. The van der Waals surface area contributed by atoms with Crippen molar-refractivity contribution in [2.45, 2.75) is 24.8 Å². The topological polar surface area (TPSA) is 92.4 Å². The van der Waals surface area contributed by atoms with Gasteiger partial charge in [-0.1, -0.05) is 11.6 Å². The Morgan fingerprint density at radius 1 is 1.53 bits per heavy atom. The summed E-state index contributed by atoms with van der Waals surface area (Å²) >= 11 is 5.85. The molecule has 0 aliphatic carbocycles. The third-order valence-electron chi connectivity index (χ3n) is 2.14. The summed E-state index contributed by atoms with van der Waals surface area (Å²) in [6, 6.07) is 2.72. The number of nitrogen functional groups attached to an aromatic ring is 1. The number of hydrogen-bond acceptors (Lipinski definition) is 4. The lowest BCUT2D eigenvalue weighted by Crippen LogP contribution is -2.30. The minimum absolute atomic E-state index is 0.0394. The molecule has 1 rings (SSSR count). The summed E-state index contributed by atoms with van der Waals surface area (Å²) in [5.41, 5.74) is 6.40. The van der Waals surface area contributed by atoms with Crippen LogP contribution in [0.5, 0.6) is 0 Å². The lowest BCUT2D eigenvalue weighted by Gasteiger charge is -2.10. The van der Waals surface area contributed by atoms with Crippen molar-refractivity contribution in [1.29, 1.82) is 0 Å². The molecule has 7 heteroatoms. The highest BCUT2D eigenvalue weighted by Gasteiger charge is 2.17. The highest BCUT2D eigenvalue weighted by atomic mass is 35.5. The maximum Gasteiger partial charge on any atom is 0.240 e. The molecule has 4 N–H and O–H groups in total. The molecule has 96 valence electrons. The van der Waals surface area contributed by atoms with Crippen LogP contribution in [0.1, 0.15) is 12.5 Å². The van der Waals surface area contributed by atoms with Crippen LogP contribution in [-0.4, -0.2) is 26.2 Å². The van der Waals surface area contributed by atoms with E-state index in [0.717, 1.165) is 0 Å². The van der Waals surface area contributed by atoms with Crippen LogP contribution < -0.4 is 10.5 Å². The molecule has 0 saturated heterocycles. The summed E-state index contributed by atoms with van der Waals surface area (Å²) in [6.45, 7) is 3.11. The van der Waals surface area contributed by atoms with Gasteiger partial charge in [-0.3, -0.25) is 0 Å². The van der Waals surface area contributed by atoms with E-state index in [1.807, 2.05) is 0 Å². The SMILES string of the molecule is Cc1cc(S(=O)(=O)NC[C@@H](C)O)cc(N)c1Cl. The van der Waals surface area contributed by atoms with E-state index >= 15 is 0 Å². The maximum absolute atomic E-state index is 11.8. The van der Waals surface area contributed by atoms with Crippen LogP contribution >= 0.6 is 11.6 Å². The first-order chi connectivity index (χ1) is 7.74. The second-order valence-electron chi connectivity index (χ2n) is 3.84. The third-order valence-corrected chi connectivity index (χ3v) is 4.05. The minimum Gasteiger partial charge on any atom is -0.397 e. The zero-order valence-corrected chi connectivity index (χ0v) is 11.1. The lowest BCUT2D eigenvalue weighted by atomic mass is 10.2. The van der Waals surface area contributed by atoms with Gasteiger partial charge in [0, 0.05) is 6.54 Å². The highest BCUT2D eigenvalue weighted by Crippen LogP contribution is 2.26. The largest absolute Gasteiger partial charge is 0.397 e. The van der Waals surface area contributed by atoms with E-state index in [1.165, 1.54) is 19.1 Å². The number of hydrogen-bond donors (Lipinski definition) is 3. The smallest absolute Gasteiger partial charge is 0.240 e. The fourth-order valence-electron chi connectivity index (χ4n) is 1.23. The van der Waals surface area contributed by atoms with Crippen LogP contribution in [0.4, 0.5) is 5.69 Å².